The van der Waals surface area contributed by atoms with E-state index in [1.807, 2.05) is 0 Å². The average Bonchev–Trinajstić information content (AvgIpc) is 1.97. The lowest BCUT2D eigenvalue weighted by Gasteiger charge is -2.12. The van der Waals surface area contributed by atoms with Gasteiger partial charge in [-0.2, -0.15) is 0 Å². The van der Waals surface area contributed by atoms with Gasteiger partial charge < -0.3 is 0 Å². The molecule has 0 amide bonds. The summed E-state index contributed by atoms with van der Waals surface area (Å²) in [7, 11) is 0. The van der Waals surface area contributed by atoms with Crippen LogP contribution in [0, 0.1) is 0 Å². The van der Waals surface area contributed by atoms with Crippen molar-refractivity contribution >= 4 is 40.7 Å². The summed E-state index contributed by atoms with van der Waals surface area (Å²) >= 11 is 17.2. The van der Waals surface area contributed by atoms with Crippen LogP contribution in [0.25, 0.3) is 0 Å². The van der Waals surface area contributed by atoms with Crippen molar-refractivity contribution < 1.29 is 0 Å². The Balaban J connectivity index is 3.36. The van der Waals surface area contributed by atoms with E-state index in [-0.39, 0.29) is 0 Å². The molecule has 0 aromatic heterocycles. The molecule has 0 aromatic carbocycles. The molecule has 0 radical (unpaired) electrons. The Hall–Kier alpha value is 1.30. The van der Waals surface area contributed by atoms with Gasteiger partial charge in [-0.15, -0.1) is 11.6 Å². The number of unbranched alkanes of at least 4 members (excludes halogenated alkanes) is 2. The van der Waals surface area contributed by atoms with Crippen LogP contribution in [0.3, 0.4) is 0 Å². The van der Waals surface area contributed by atoms with Crippen LogP contribution in [0.1, 0.15) is 32.6 Å². The zero-order chi connectivity index (χ0) is 8.69. The van der Waals surface area contributed by atoms with Crippen LogP contribution in [0.15, 0.2) is 0 Å². The third-order valence-electron chi connectivity index (χ3n) is 1.60. The van der Waals surface area contributed by atoms with E-state index >= 15 is 0 Å². The number of hydrogen-bond acceptors (Lipinski definition) is 0. The van der Waals surface area contributed by atoms with E-state index in [1.54, 1.807) is 0 Å². The fraction of sp³-hybridized carbons (Fsp3) is 1.00. The SMILES string of the molecule is CCCCCC(CCl)P(Cl)Cl. The van der Waals surface area contributed by atoms with Gasteiger partial charge in [0.1, 0.15) is 0 Å². The van der Waals surface area contributed by atoms with Crippen LogP contribution in [-0.2, 0) is 0 Å². The van der Waals surface area contributed by atoms with Gasteiger partial charge in [0.05, 0.1) is 6.63 Å². The third-order valence-corrected chi connectivity index (χ3v) is 4.83. The van der Waals surface area contributed by atoms with Crippen molar-refractivity contribution in [2.75, 3.05) is 5.88 Å². The molecule has 0 aliphatic heterocycles. The molecule has 0 aromatic rings. The van der Waals surface area contributed by atoms with Crippen LogP contribution < -0.4 is 0 Å². The maximum absolute atomic E-state index is 5.77. The van der Waals surface area contributed by atoms with Crippen molar-refractivity contribution in [3.8, 4) is 0 Å². The smallest absolute Gasteiger partial charge is 0.0898 e. The summed E-state index contributed by atoms with van der Waals surface area (Å²) in [6.45, 7) is 1.31. The summed E-state index contributed by atoms with van der Waals surface area (Å²) in [6, 6.07) is 0. The molecule has 4 heteroatoms. The minimum Gasteiger partial charge on any atom is -0.126 e. The van der Waals surface area contributed by atoms with Crippen molar-refractivity contribution in [1.29, 1.82) is 0 Å². The summed E-state index contributed by atoms with van der Waals surface area (Å²) in [4.78, 5) is 0. The average molecular weight is 236 g/mol. The first-order valence-electron chi connectivity index (χ1n) is 3.89. The lowest BCUT2D eigenvalue weighted by Crippen LogP contribution is -2.02. The highest BCUT2D eigenvalue weighted by Gasteiger charge is 2.14. The second-order valence-electron chi connectivity index (χ2n) is 2.56. The molecule has 0 rings (SSSR count). The molecule has 0 fully saturated rings. The van der Waals surface area contributed by atoms with E-state index in [9.17, 15) is 0 Å². The van der Waals surface area contributed by atoms with Crippen molar-refractivity contribution in [1.82, 2.24) is 0 Å². The highest BCUT2D eigenvalue weighted by atomic mass is 35.9. The Morgan fingerprint density at radius 1 is 1.27 bits per heavy atom. The fourth-order valence-electron chi connectivity index (χ4n) is 0.857. The van der Waals surface area contributed by atoms with Gasteiger partial charge in [-0.1, -0.05) is 48.7 Å². The molecule has 0 saturated heterocycles. The van der Waals surface area contributed by atoms with Crippen molar-refractivity contribution in [2.24, 2.45) is 0 Å². The summed E-state index contributed by atoms with van der Waals surface area (Å²) in [5, 5.41) is 0. The number of halogens is 3. The Bertz CT molecular complexity index is 87.8. The summed E-state index contributed by atoms with van der Waals surface area (Å²) in [6.07, 6.45) is 4.77. The Morgan fingerprint density at radius 3 is 2.27 bits per heavy atom. The lowest BCUT2D eigenvalue weighted by atomic mass is 10.2. The van der Waals surface area contributed by atoms with E-state index in [0.717, 1.165) is 6.42 Å². The molecule has 0 aliphatic carbocycles. The second kappa shape index (κ2) is 7.92. The van der Waals surface area contributed by atoms with Crippen LogP contribution in [-0.4, -0.2) is 11.5 Å². The van der Waals surface area contributed by atoms with Gasteiger partial charge in [0.15, 0.2) is 0 Å². The van der Waals surface area contributed by atoms with Crippen LogP contribution >= 0.6 is 40.7 Å². The van der Waals surface area contributed by atoms with Gasteiger partial charge in [-0.3, -0.25) is 0 Å². The Labute approximate surface area is 84.9 Å². The fourth-order valence-corrected chi connectivity index (χ4v) is 3.33. The summed E-state index contributed by atoms with van der Waals surface area (Å²) in [5.41, 5.74) is 0.335. The van der Waals surface area contributed by atoms with E-state index in [0.29, 0.717) is 11.5 Å². The van der Waals surface area contributed by atoms with E-state index in [1.165, 1.54) is 19.3 Å². The van der Waals surface area contributed by atoms with Crippen LogP contribution in [0.5, 0.6) is 0 Å². The van der Waals surface area contributed by atoms with Crippen molar-refractivity contribution in [3.63, 3.8) is 0 Å². The molecule has 0 bridgehead atoms. The maximum atomic E-state index is 5.77. The van der Waals surface area contributed by atoms with Crippen LogP contribution in [0.2, 0.25) is 0 Å². The second-order valence-corrected chi connectivity index (χ2v) is 6.82. The number of rotatable bonds is 6. The molecule has 0 nitrogen and oxygen atoms in total. The quantitative estimate of drug-likeness (QED) is 0.347. The summed E-state index contributed by atoms with van der Waals surface area (Å²) in [5.74, 6) is 0.600. The first-order valence-corrected chi connectivity index (χ1v) is 7.64. The van der Waals surface area contributed by atoms with Gasteiger partial charge in [-0.05, 0) is 6.42 Å². The first-order chi connectivity index (χ1) is 5.22. The minimum atomic E-state index is -0.868. The van der Waals surface area contributed by atoms with Crippen LogP contribution in [0.4, 0.5) is 0 Å². The predicted molar refractivity (Wildman–Crippen MR) is 57.3 cm³/mol. The van der Waals surface area contributed by atoms with Crippen molar-refractivity contribution in [2.45, 2.75) is 38.3 Å². The van der Waals surface area contributed by atoms with E-state index in [4.69, 9.17) is 34.1 Å². The molecule has 11 heavy (non-hydrogen) atoms. The van der Waals surface area contributed by atoms with Gasteiger partial charge in [0.25, 0.3) is 0 Å². The maximum Gasteiger partial charge on any atom is 0.0898 e. The van der Waals surface area contributed by atoms with E-state index in [2.05, 4.69) is 6.92 Å². The number of hydrogen-bond donors (Lipinski definition) is 0. The molecule has 0 N–H and O–H groups in total. The molecule has 0 spiro atoms. The standard InChI is InChI=1S/C7H14Cl3P/c1-2-3-4-5-7(6-8)11(9)10/h7H,2-6H2,1H3. The van der Waals surface area contributed by atoms with Gasteiger partial charge in [-0.25, -0.2) is 0 Å². The summed E-state index contributed by atoms with van der Waals surface area (Å²) < 4.78 is 0. The lowest BCUT2D eigenvalue weighted by molar-refractivity contribution is 0.665. The minimum absolute atomic E-state index is 0.335. The molecule has 1 atom stereocenters. The topological polar surface area (TPSA) is 0 Å². The van der Waals surface area contributed by atoms with Gasteiger partial charge >= 0.3 is 0 Å². The normalized spacial score (nSPS) is 13.9. The first kappa shape index (κ1) is 12.3. The van der Waals surface area contributed by atoms with E-state index < -0.39 is 6.63 Å². The Morgan fingerprint density at radius 2 is 1.91 bits per heavy atom. The molecular weight excluding hydrogens is 221 g/mol. The zero-order valence-electron chi connectivity index (χ0n) is 6.69. The molecule has 0 heterocycles. The highest BCUT2D eigenvalue weighted by molar-refractivity contribution is 8.04. The molecule has 0 saturated carbocycles. The highest BCUT2D eigenvalue weighted by Crippen LogP contribution is 2.53. The zero-order valence-corrected chi connectivity index (χ0v) is 9.86. The molecule has 68 valence electrons. The molecule has 1 unspecified atom stereocenters. The molecular formula is C7H14Cl3P. The van der Waals surface area contributed by atoms with Gasteiger partial charge in [0, 0.05) is 11.5 Å². The molecule has 0 aliphatic rings. The van der Waals surface area contributed by atoms with Crippen molar-refractivity contribution in [3.05, 3.63) is 0 Å². The number of alkyl halides is 1. The van der Waals surface area contributed by atoms with Gasteiger partial charge in [0.2, 0.25) is 0 Å². The Kier molecular flexibility index (Phi) is 8.86. The third kappa shape index (κ3) is 6.46. The monoisotopic (exact) mass is 234 g/mol. The predicted octanol–water partition coefficient (Wildman–Crippen LogP) is 4.96. The largest absolute Gasteiger partial charge is 0.126 e.